The van der Waals surface area contributed by atoms with Crippen molar-refractivity contribution in [3.05, 3.63) is 83.1 Å². The van der Waals surface area contributed by atoms with Crippen molar-refractivity contribution in [3.63, 3.8) is 0 Å². The van der Waals surface area contributed by atoms with Gasteiger partial charge in [-0.25, -0.2) is 0 Å². The van der Waals surface area contributed by atoms with Crippen LogP contribution in [0, 0.1) is 0 Å². The Kier molecular flexibility index (Phi) is 5.06. The van der Waals surface area contributed by atoms with Gasteiger partial charge in [0.25, 0.3) is 5.91 Å². The van der Waals surface area contributed by atoms with Gasteiger partial charge in [0.2, 0.25) is 0 Å². The van der Waals surface area contributed by atoms with Gasteiger partial charge in [0, 0.05) is 5.56 Å². The van der Waals surface area contributed by atoms with Gasteiger partial charge in [-0.1, -0.05) is 37.3 Å². The minimum atomic E-state index is -1.25. The number of furan rings is 1. The predicted octanol–water partition coefficient (Wildman–Crippen LogP) is 3.68. The molecular formula is C24H19N2O4-. The summed E-state index contributed by atoms with van der Waals surface area (Å²) in [5, 5.41) is 16.8. The van der Waals surface area contributed by atoms with Crippen LogP contribution in [0.15, 0.2) is 75.8 Å². The van der Waals surface area contributed by atoms with Crippen LogP contribution in [0.3, 0.4) is 0 Å². The molecule has 0 spiro atoms. The highest BCUT2D eigenvalue weighted by Gasteiger charge is 2.29. The molecule has 6 heteroatoms. The molecule has 3 aromatic rings. The van der Waals surface area contributed by atoms with E-state index in [4.69, 9.17) is 4.42 Å². The Morgan fingerprint density at radius 1 is 1.13 bits per heavy atom. The van der Waals surface area contributed by atoms with Gasteiger partial charge in [0.15, 0.2) is 0 Å². The van der Waals surface area contributed by atoms with Crippen LogP contribution < -0.4 is 10.1 Å². The number of amides is 1. The summed E-state index contributed by atoms with van der Waals surface area (Å²) in [6, 6.07) is 17.5. The van der Waals surface area contributed by atoms with E-state index >= 15 is 0 Å². The van der Waals surface area contributed by atoms with Crippen LogP contribution in [0.2, 0.25) is 0 Å². The molecule has 0 aliphatic carbocycles. The standard InChI is InChI=1S/C24H20N2O4/c1-3-16-7-9-19(10-8-16)26-23(27)21(15(2)25-26)14-20-11-12-22(30-20)17-5-4-6-18(13-17)24(28)29/h4-14H,3H2,1-2H3,(H,28,29)/p-1/b21-14+. The van der Waals surface area contributed by atoms with Crippen LogP contribution in [0.4, 0.5) is 5.69 Å². The lowest BCUT2D eigenvalue weighted by Crippen LogP contribution is -2.22. The quantitative estimate of drug-likeness (QED) is 0.613. The Hall–Kier alpha value is -3.93. The summed E-state index contributed by atoms with van der Waals surface area (Å²) < 4.78 is 5.82. The number of hydrazone groups is 1. The van der Waals surface area contributed by atoms with Gasteiger partial charge in [-0.05, 0) is 60.9 Å². The third kappa shape index (κ3) is 3.67. The van der Waals surface area contributed by atoms with Crippen molar-refractivity contribution < 1.29 is 19.1 Å². The van der Waals surface area contributed by atoms with Crippen LogP contribution in [-0.2, 0) is 11.2 Å². The molecule has 2 heterocycles. The number of hydrogen-bond acceptors (Lipinski definition) is 5. The second-order valence-electron chi connectivity index (χ2n) is 6.95. The van der Waals surface area contributed by atoms with E-state index in [1.165, 1.54) is 22.7 Å². The molecule has 6 nitrogen and oxygen atoms in total. The highest BCUT2D eigenvalue weighted by molar-refractivity contribution is 6.32. The van der Waals surface area contributed by atoms with Crippen LogP contribution >= 0.6 is 0 Å². The summed E-state index contributed by atoms with van der Waals surface area (Å²) >= 11 is 0. The Balaban J connectivity index is 1.60. The number of rotatable bonds is 5. The molecule has 0 radical (unpaired) electrons. The molecule has 0 fully saturated rings. The van der Waals surface area contributed by atoms with Gasteiger partial charge < -0.3 is 14.3 Å². The third-order valence-corrected chi connectivity index (χ3v) is 4.95. The van der Waals surface area contributed by atoms with Crippen molar-refractivity contribution in [2.45, 2.75) is 20.3 Å². The smallest absolute Gasteiger partial charge is 0.280 e. The SMILES string of the molecule is CCc1ccc(N2N=C(C)/C(=C\c3ccc(-c4cccc(C(=O)[O-])c4)o3)C2=O)cc1. The van der Waals surface area contributed by atoms with Crippen molar-refractivity contribution >= 4 is 29.4 Å². The number of benzene rings is 2. The molecule has 2 aromatic carbocycles. The van der Waals surface area contributed by atoms with Gasteiger partial charge in [-0.15, -0.1) is 0 Å². The third-order valence-electron chi connectivity index (χ3n) is 4.95. The number of nitrogens with zero attached hydrogens (tertiary/aromatic N) is 2. The summed E-state index contributed by atoms with van der Waals surface area (Å²) in [6.45, 7) is 3.85. The number of carboxylic acids is 1. The number of anilines is 1. The molecule has 0 atom stereocenters. The average molecular weight is 399 g/mol. The molecule has 0 saturated heterocycles. The second-order valence-corrected chi connectivity index (χ2v) is 6.95. The minimum Gasteiger partial charge on any atom is -0.545 e. The molecule has 1 aliphatic rings. The lowest BCUT2D eigenvalue weighted by molar-refractivity contribution is -0.255. The Morgan fingerprint density at radius 3 is 2.60 bits per heavy atom. The summed E-state index contributed by atoms with van der Waals surface area (Å²) in [4.78, 5) is 24.0. The van der Waals surface area contributed by atoms with E-state index in [0.717, 1.165) is 6.42 Å². The number of carboxylic acid groups (broad SMARTS) is 1. The largest absolute Gasteiger partial charge is 0.545 e. The fourth-order valence-electron chi connectivity index (χ4n) is 3.26. The average Bonchev–Trinajstić information content (AvgIpc) is 3.34. The van der Waals surface area contributed by atoms with Crippen molar-refractivity contribution in [1.82, 2.24) is 0 Å². The van der Waals surface area contributed by atoms with Gasteiger partial charge in [0.05, 0.1) is 22.9 Å². The zero-order valence-corrected chi connectivity index (χ0v) is 16.6. The molecule has 1 amide bonds. The van der Waals surface area contributed by atoms with Gasteiger partial charge in [-0.2, -0.15) is 10.1 Å². The van der Waals surface area contributed by atoms with E-state index in [1.807, 2.05) is 24.3 Å². The van der Waals surface area contributed by atoms with E-state index in [0.29, 0.717) is 34.1 Å². The Bertz CT molecular complexity index is 1190. The fourth-order valence-corrected chi connectivity index (χ4v) is 3.26. The van der Waals surface area contributed by atoms with Crippen LogP contribution in [0.25, 0.3) is 17.4 Å². The lowest BCUT2D eigenvalue weighted by Gasteiger charge is -2.12. The van der Waals surface area contributed by atoms with E-state index in [2.05, 4.69) is 12.0 Å². The number of carbonyl (C=O) groups is 2. The maximum absolute atomic E-state index is 12.9. The zero-order chi connectivity index (χ0) is 21.3. The molecule has 0 unspecified atom stereocenters. The first-order valence-electron chi connectivity index (χ1n) is 9.58. The Morgan fingerprint density at radius 2 is 1.90 bits per heavy atom. The summed E-state index contributed by atoms with van der Waals surface area (Å²) in [5.74, 6) is -0.503. The maximum atomic E-state index is 12.9. The minimum absolute atomic E-state index is 0.0717. The number of aromatic carboxylic acids is 1. The van der Waals surface area contributed by atoms with Crippen LogP contribution in [0.5, 0.6) is 0 Å². The highest BCUT2D eigenvalue weighted by atomic mass is 16.4. The number of carbonyl (C=O) groups excluding carboxylic acids is 2. The van der Waals surface area contributed by atoms with Gasteiger partial charge in [0.1, 0.15) is 11.5 Å². The maximum Gasteiger partial charge on any atom is 0.280 e. The molecule has 0 N–H and O–H groups in total. The van der Waals surface area contributed by atoms with E-state index in [-0.39, 0.29) is 11.5 Å². The molecule has 1 aliphatic heterocycles. The van der Waals surface area contributed by atoms with Crippen LogP contribution in [0.1, 0.15) is 35.5 Å². The topological polar surface area (TPSA) is 85.9 Å². The molecule has 0 saturated carbocycles. The molecule has 0 bridgehead atoms. The lowest BCUT2D eigenvalue weighted by atomic mass is 10.1. The number of aryl methyl sites for hydroxylation is 1. The summed E-state index contributed by atoms with van der Waals surface area (Å²) in [6.07, 6.45) is 2.57. The normalized spacial score (nSPS) is 15.0. The first-order valence-corrected chi connectivity index (χ1v) is 9.58. The zero-order valence-electron chi connectivity index (χ0n) is 16.6. The van der Waals surface area contributed by atoms with Gasteiger partial charge in [-0.3, -0.25) is 4.79 Å². The van der Waals surface area contributed by atoms with Gasteiger partial charge >= 0.3 is 0 Å². The molecule has 1 aromatic heterocycles. The molecule has 30 heavy (non-hydrogen) atoms. The van der Waals surface area contributed by atoms with E-state index in [1.54, 1.807) is 37.3 Å². The fraction of sp³-hybridized carbons (Fsp3) is 0.125. The molecule has 150 valence electrons. The summed E-state index contributed by atoms with van der Waals surface area (Å²) in [7, 11) is 0. The van der Waals surface area contributed by atoms with E-state index in [9.17, 15) is 14.7 Å². The van der Waals surface area contributed by atoms with Crippen molar-refractivity contribution in [2.75, 3.05) is 5.01 Å². The first-order chi connectivity index (χ1) is 14.5. The van der Waals surface area contributed by atoms with Crippen molar-refractivity contribution in [3.8, 4) is 11.3 Å². The van der Waals surface area contributed by atoms with Crippen LogP contribution in [-0.4, -0.2) is 17.6 Å². The predicted molar refractivity (Wildman–Crippen MR) is 113 cm³/mol. The molecule has 4 rings (SSSR count). The van der Waals surface area contributed by atoms with Crippen molar-refractivity contribution in [2.24, 2.45) is 5.10 Å². The summed E-state index contributed by atoms with van der Waals surface area (Å²) in [5.41, 5.74) is 3.62. The highest BCUT2D eigenvalue weighted by Crippen LogP contribution is 2.28. The Labute approximate surface area is 173 Å². The monoisotopic (exact) mass is 399 g/mol. The van der Waals surface area contributed by atoms with E-state index < -0.39 is 5.97 Å². The van der Waals surface area contributed by atoms with Crippen molar-refractivity contribution in [1.29, 1.82) is 0 Å². The first kappa shape index (κ1) is 19.4. The second kappa shape index (κ2) is 7.83. The number of hydrogen-bond donors (Lipinski definition) is 0. The molecular weight excluding hydrogens is 380 g/mol.